The van der Waals surface area contributed by atoms with Crippen LogP contribution in [0, 0.1) is 0 Å². The Hall–Kier alpha value is -1.81. The lowest BCUT2D eigenvalue weighted by Crippen LogP contribution is -2.29. The number of carbonyl (C=O) groups excluding carboxylic acids is 1. The molecule has 0 unspecified atom stereocenters. The maximum atomic E-state index is 11.8. The fraction of sp³-hybridized carbons (Fsp3) is 0.294. The SMILES string of the molecule is C[C@@H](CNC(=O)CCc1cccnc1)Sc1ccccc1. The van der Waals surface area contributed by atoms with Gasteiger partial charge in [0.25, 0.3) is 0 Å². The summed E-state index contributed by atoms with van der Waals surface area (Å²) in [5, 5.41) is 3.35. The van der Waals surface area contributed by atoms with Crippen molar-refractivity contribution in [2.24, 2.45) is 0 Å². The molecule has 0 bridgehead atoms. The van der Waals surface area contributed by atoms with Gasteiger partial charge in [-0.1, -0.05) is 31.2 Å². The van der Waals surface area contributed by atoms with E-state index in [-0.39, 0.29) is 5.91 Å². The number of nitrogens with one attached hydrogen (secondary N) is 1. The molecule has 0 radical (unpaired) electrons. The van der Waals surface area contributed by atoms with E-state index in [0.29, 0.717) is 18.2 Å². The van der Waals surface area contributed by atoms with Crippen LogP contribution >= 0.6 is 11.8 Å². The highest BCUT2D eigenvalue weighted by molar-refractivity contribution is 8.00. The van der Waals surface area contributed by atoms with Gasteiger partial charge in [0.1, 0.15) is 0 Å². The maximum Gasteiger partial charge on any atom is 0.220 e. The molecule has 1 atom stereocenters. The van der Waals surface area contributed by atoms with Crippen molar-refractivity contribution in [3.8, 4) is 0 Å². The molecule has 0 saturated heterocycles. The van der Waals surface area contributed by atoms with Gasteiger partial charge in [-0.3, -0.25) is 9.78 Å². The summed E-state index contributed by atoms with van der Waals surface area (Å²) in [6.45, 7) is 2.81. The minimum absolute atomic E-state index is 0.0966. The van der Waals surface area contributed by atoms with Crippen molar-refractivity contribution >= 4 is 17.7 Å². The molecule has 1 amide bonds. The van der Waals surface area contributed by atoms with E-state index >= 15 is 0 Å². The molecular formula is C17H20N2OS. The second-order valence-corrected chi connectivity index (χ2v) is 6.42. The average molecular weight is 300 g/mol. The van der Waals surface area contributed by atoms with Gasteiger partial charge >= 0.3 is 0 Å². The van der Waals surface area contributed by atoms with Crippen LogP contribution < -0.4 is 5.32 Å². The standard InChI is InChI=1S/C17H20N2OS/c1-14(21-16-7-3-2-4-8-16)12-19-17(20)10-9-15-6-5-11-18-13-15/h2-8,11,13-14H,9-10,12H2,1H3,(H,19,20)/t14-/m0/s1. The first-order valence-electron chi connectivity index (χ1n) is 7.11. The van der Waals surface area contributed by atoms with E-state index in [1.54, 1.807) is 24.2 Å². The molecule has 1 aromatic carbocycles. The Morgan fingerprint density at radius 1 is 1.24 bits per heavy atom. The van der Waals surface area contributed by atoms with Crippen molar-refractivity contribution in [1.29, 1.82) is 0 Å². The van der Waals surface area contributed by atoms with Gasteiger partial charge in [0.05, 0.1) is 0 Å². The summed E-state index contributed by atoms with van der Waals surface area (Å²) in [6.07, 6.45) is 4.79. The van der Waals surface area contributed by atoms with Crippen molar-refractivity contribution in [3.63, 3.8) is 0 Å². The molecular weight excluding hydrogens is 280 g/mol. The minimum atomic E-state index is 0.0966. The third-order valence-electron chi connectivity index (χ3n) is 3.03. The predicted molar refractivity (Wildman–Crippen MR) is 87.3 cm³/mol. The molecule has 1 aromatic heterocycles. The van der Waals surface area contributed by atoms with Crippen molar-refractivity contribution in [2.45, 2.75) is 29.9 Å². The molecule has 21 heavy (non-hydrogen) atoms. The quantitative estimate of drug-likeness (QED) is 0.798. The zero-order valence-electron chi connectivity index (χ0n) is 12.2. The van der Waals surface area contributed by atoms with E-state index in [1.807, 2.05) is 30.3 Å². The number of benzene rings is 1. The molecule has 2 aromatic rings. The van der Waals surface area contributed by atoms with Crippen LogP contribution in [0.5, 0.6) is 0 Å². The number of rotatable bonds is 7. The first kappa shape index (κ1) is 15.6. The van der Waals surface area contributed by atoms with Gasteiger partial charge in [0.15, 0.2) is 0 Å². The predicted octanol–water partition coefficient (Wildman–Crippen LogP) is 3.31. The molecule has 0 saturated carbocycles. The number of hydrogen-bond donors (Lipinski definition) is 1. The molecule has 1 N–H and O–H groups in total. The smallest absolute Gasteiger partial charge is 0.220 e. The average Bonchev–Trinajstić information content (AvgIpc) is 2.53. The van der Waals surface area contributed by atoms with Crippen LogP contribution in [0.1, 0.15) is 18.9 Å². The third-order valence-corrected chi connectivity index (χ3v) is 4.14. The number of pyridine rings is 1. The minimum Gasteiger partial charge on any atom is -0.355 e. The van der Waals surface area contributed by atoms with Crippen molar-refractivity contribution in [1.82, 2.24) is 10.3 Å². The fourth-order valence-corrected chi connectivity index (χ4v) is 2.87. The number of aryl methyl sites for hydroxylation is 1. The Morgan fingerprint density at radius 2 is 2.05 bits per heavy atom. The van der Waals surface area contributed by atoms with E-state index in [4.69, 9.17) is 0 Å². The van der Waals surface area contributed by atoms with Crippen LogP contribution in [0.25, 0.3) is 0 Å². The van der Waals surface area contributed by atoms with Crippen LogP contribution in [-0.2, 0) is 11.2 Å². The lowest BCUT2D eigenvalue weighted by molar-refractivity contribution is -0.121. The van der Waals surface area contributed by atoms with E-state index in [9.17, 15) is 4.79 Å². The van der Waals surface area contributed by atoms with E-state index in [0.717, 1.165) is 12.0 Å². The summed E-state index contributed by atoms with van der Waals surface area (Å²) >= 11 is 1.78. The van der Waals surface area contributed by atoms with Gasteiger partial charge in [-0.05, 0) is 30.2 Å². The molecule has 0 fully saturated rings. The Balaban J connectivity index is 1.66. The van der Waals surface area contributed by atoms with E-state index in [1.165, 1.54) is 4.90 Å². The summed E-state index contributed by atoms with van der Waals surface area (Å²) in [7, 11) is 0. The topological polar surface area (TPSA) is 42.0 Å². The van der Waals surface area contributed by atoms with Crippen LogP contribution in [-0.4, -0.2) is 22.7 Å². The lowest BCUT2D eigenvalue weighted by Gasteiger charge is -2.12. The summed E-state index contributed by atoms with van der Waals surface area (Å²) < 4.78 is 0. The lowest BCUT2D eigenvalue weighted by atomic mass is 10.1. The number of amides is 1. The molecule has 0 aliphatic heterocycles. The molecule has 0 spiro atoms. The van der Waals surface area contributed by atoms with Crippen molar-refractivity contribution in [3.05, 3.63) is 60.4 Å². The van der Waals surface area contributed by atoms with Gasteiger partial charge in [-0.25, -0.2) is 0 Å². The van der Waals surface area contributed by atoms with Gasteiger partial charge < -0.3 is 5.32 Å². The molecule has 4 heteroatoms. The highest BCUT2D eigenvalue weighted by Gasteiger charge is 2.07. The van der Waals surface area contributed by atoms with Crippen molar-refractivity contribution < 1.29 is 4.79 Å². The van der Waals surface area contributed by atoms with Crippen LogP contribution in [0.15, 0.2) is 59.8 Å². The number of aromatic nitrogens is 1. The molecule has 0 aliphatic carbocycles. The molecule has 2 rings (SSSR count). The first-order chi connectivity index (χ1) is 10.2. The Bertz CT molecular complexity index is 545. The van der Waals surface area contributed by atoms with Gasteiger partial charge in [0, 0.05) is 35.5 Å². The fourth-order valence-electron chi connectivity index (χ4n) is 1.92. The highest BCUT2D eigenvalue weighted by atomic mass is 32.2. The van der Waals surface area contributed by atoms with Crippen LogP contribution in [0.2, 0.25) is 0 Å². The maximum absolute atomic E-state index is 11.8. The van der Waals surface area contributed by atoms with Gasteiger partial charge in [-0.2, -0.15) is 0 Å². The molecule has 0 aliphatic rings. The van der Waals surface area contributed by atoms with E-state index in [2.05, 4.69) is 29.4 Å². The zero-order chi connectivity index (χ0) is 14.9. The summed E-state index contributed by atoms with van der Waals surface area (Å²) in [5.74, 6) is 0.0966. The Kier molecular flexibility index (Phi) is 6.28. The molecule has 110 valence electrons. The zero-order valence-corrected chi connectivity index (χ0v) is 13.0. The van der Waals surface area contributed by atoms with Gasteiger partial charge in [-0.15, -0.1) is 11.8 Å². The number of nitrogens with zero attached hydrogens (tertiary/aromatic N) is 1. The van der Waals surface area contributed by atoms with Crippen LogP contribution in [0.3, 0.4) is 0 Å². The first-order valence-corrected chi connectivity index (χ1v) is 7.99. The molecule has 3 nitrogen and oxygen atoms in total. The molecule has 1 heterocycles. The monoisotopic (exact) mass is 300 g/mol. The van der Waals surface area contributed by atoms with E-state index < -0.39 is 0 Å². The third kappa shape index (κ3) is 6.00. The second-order valence-electron chi connectivity index (χ2n) is 4.91. The number of hydrogen-bond acceptors (Lipinski definition) is 3. The van der Waals surface area contributed by atoms with Crippen molar-refractivity contribution in [2.75, 3.05) is 6.54 Å². The summed E-state index contributed by atoms with van der Waals surface area (Å²) in [5.41, 5.74) is 1.10. The largest absolute Gasteiger partial charge is 0.355 e. The highest BCUT2D eigenvalue weighted by Crippen LogP contribution is 2.21. The Morgan fingerprint density at radius 3 is 2.76 bits per heavy atom. The second kappa shape index (κ2) is 8.47. The van der Waals surface area contributed by atoms with Crippen LogP contribution in [0.4, 0.5) is 0 Å². The number of thioether (sulfide) groups is 1. The normalized spacial score (nSPS) is 11.9. The Labute approximate surface area is 130 Å². The number of carbonyl (C=O) groups is 1. The summed E-state index contributed by atoms with van der Waals surface area (Å²) in [6, 6.07) is 14.1. The summed E-state index contributed by atoms with van der Waals surface area (Å²) in [4.78, 5) is 17.1. The van der Waals surface area contributed by atoms with Gasteiger partial charge in [0.2, 0.25) is 5.91 Å².